The van der Waals surface area contributed by atoms with Gasteiger partial charge < -0.3 is 0 Å². The highest BCUT2D eigenvalue weighted by molar-refractivity contribution is 9.11. The van der Waals surface area contributed by atoms with Gasteiger partial charge in [0.05, 0.1) is 3.79 Å². The first-order valence-corrected chi connectivity index (χ1v) is 9.86. The highest BCUT2D eigenvalue weighted by atomic mass is 79.9. The van der Waals surface area contributed by atoms with Crippen molar-refractivity contribution in [3.63, 3.8) is 0 Å². The first-order valence-electron chi connectivity index (χ1n) is 6.77. The van der Waals surface area contributed by atoms with Crippen molar-refractivity contribution in [1.82, 2.24) is 4.72 Å². The van der Waals surface area contributed by atoms with Gasteiger partial charge in [-0.2, -0.15) is 0 Å². The molecule has 1 aliphatic carbocycles. The summed E-state index contributed by atoms with van der Waals surface area (Å²) in [4.78, 5) is 0. The zero-order valence-corrected chi connectivity index (χ0v) is 14.3. The van der Waals surface area contributed by atoms with E-state index in [0.29, 0.717) is 4.21 Å². The van der Waals surface area contributed by atoms with E-state index in [2.05, 4.69) is 20.7 Å². The number of hydrogen-bond donors (Lipinski definition) is 1. The normalized spacial score (nSPS) is 19.1. The van der Waals surface area contributed by atoms with Gasteiger partial charge in [-0.25, -0.2) is 13.1 Å². The molecule has 0 atom stereocenters. The molecule has 108 valence electrons. The third-order valence-electron chi connectivity index (χ3n) is 3.53. The van der Waals surface area contributed by atoms with Crippen molar-refractivity contribution in [1.29, 1.82) is 0 Å². The first kappa shape index (κ1) is 15.5. The lowest BCUT2D eigenvalue weighted by molar-refractivity contribution is 0.427. The summed E-state index contributed by atoms with van der Waals surface area (Å²) in [6, 6.07) is 1.84. The molecule has 0 saturated heterocycles. The molecular formula is C13H20BrNO2S2. The quantitative estimate of drug-likeness (QED) is 0.871. The van der Waals surface area contributed by atoms with Crippen LogP contribution in [0.3, 0.4) is 0 Å². The van der Waals surface area contributed by atoms with Crippen LogP contribution in [0, 0.1) is 6.92 Å². The van der Waals surface area contributed by atoms with Gasteiger partial charge in [-0.15, -0.1) is 11.3 Å². The van der Waals surface area contributed by atoms with Crippen LogP contribution in [0.2, 0.25) is 0 Å². The van der Waals surface area contributed by atoms with E-state index in [4.69, 9.17) is 0 Å². The molecular weight excluding hydrogens is 346 g/mol. The summed E-state index contributed by atoms with van der Waals surface area (Å²) < 4.78 is 28.9. The molecule has 19 heavy (non-hydrogen) atoms. The topological polar surface area (TPSA) is 46.2 Å². The number of aryl methyl sites for hydroxylation is 1. The van der Waals surface area contributed by atoms with Gasteiger partial charge in [-0.1, -0.05) is 32.1 Å². The summed E-state index contributed by atoms with van der Waals surface area (Å²) in [5.74, 6) is 0. The van der Waals surface area contributed by atoms with Crippen molar-refractivity contribution in [2.45, 2.75) is 62.1 Å². The summed E-state index contributed by atoms with van der Waals surface area (Å²) in [6.45, 7) is 1.91. The summed E-state index contributed by atoms with van der Waals surface area (Å²) in [7, 11) is -3.35. The van der Waals surface area contributed by atoms with Gasteiger partial charge in [-0.05, 0) is 47.3 Å². The van der Waals surface area contributed by atoms with Crippen LogP contribution < -0.4 is 4.72 Å². The summed E-state index contributed by atoms with van der Waals surface area (Å²) in [5.41, 5.74) is 0.975. The predicted molar refractivity (Wildman–Crippen MR) is 83.2 cm³/mol. The molecule has 1 aliphatic rings. The second-order valence-corrected chi connectivity index (χ2v) is 9.50. The molecule has 0 bridgehead atoms. The molecule has 2 rings (SSSR count). The third-order valence-corrected chi connectivity index (χ3v) is 7.66. The molecule has 0 spiro atoms. The summed E-state index contributed by atoms with van der Waals surface area (Å²) in [5, 5.41) is 0. The highest BCUT2D eigenvalue weighted by Crippen LogP contribution is 2.31. The number of rotatable bonds is 3. The van der Waals surface area contributed by atoms with Crippen LogP contribution in [0.25, 0.3) is 0 Å². The van der Waals surface area contributed by atoms with Gasteiger partial charge in [0.25, 0.3) is 0 Å². The van der Waals surface area contributed by atoms with Crippen molar-refractivity contribution in [2.75, 3.05) is 0 Å². The molecule has 1 saturated carbocycles. The van der Waals surface area contributed by atoms with Gasteiger partial charge in [0.2, 0.25) is 10.0 Å². The fourth-order valence-corrected chi connectivity index (χ4v) is 5.96. The summed E-state index contributed by atoms with van der Waals surface area (Å²) >= 11 is 4.67. The fourth-order valence-electron chi connectivity index (χ4n) is 2.42. The van der Waals surface area contributed by atoms with E-state index < -0.39 is 10.0 Å². The Bertz CT molecular complexity index is 497. The van der Waals surface area contributed by atoms with Crippen LogP contribution in [0.5, 0.6) is 0 Å². The molecule has 1 N–H and O–H groups in total. The third kappa shape index (κ3) is 4.28. The van der Waals surface area contributed by atoms with Crippen LogP contribution in [0.15, 0.2) is 14.1 Å². The lowest BCUT2D eigenvalue weighted by Gasteiger charge is -2.20. The summed E-state index contributed by atoms with van der Waals surface area (Å²) in [6.07, 6.45) is 7.91. The molecule has 0 amide bonds. The van der Waals surface area contributed by atoms with E-state index in [-0.39, 0.29) is 6.04 Å². The molecule has 0 unspecified atom stereocenters. The maximum atomic E-state index is 12.3. The number of hydrogen-bond acceptors (Lipinski definition) is 3. The Morgan fingerprint density at radius 1 is 1.21 bits per heavy atom. The average Bonchev–Trinajstić information content (AvgIpc) is 2.64. The second kappa shape index (κ2) is 6.70. The minimum Gasteiger partial charge on any atom is -0.207 e. The molecule has 1 aromatic heterocycles. The molecule has 1 heterocycles. The van der Waals surface area contributed by atoms with Crippen molar-refractivity contribution in [3.8, 4) is 0 Å². The molecule has 0 radical (unpaired) electrons. The van der Waals surface area contributed by atoms with Crippen molar-refractivity contribution < 1.29 is 8.42 Å². The van der Waals surface area contributed by atoms with Gasteiger partial charge in [0.15, 0.2) is 0 Å². The SMILES string of the molecule is Cc1cc(S(=O)(=O)NC2CCCCCCC2)sc1Br. The van der Waals surface area contributed by atoms with E-state index in [1.165, 1.54) is 30.6 Å². The minimum atomic E-state index is -3.35. The monoisotopic (exact) mass is 365 g/mol. The van der Waals surface area contributed by atoms with Crippen LogP contribution >= 0.6 is 27.3 Å². The van der Waals surface area contributed by atoms with E-state index in [1.54, 1.807) is 6.07 Å². The van der Waals surface area contributed by atoms with Crippen molar-refractivity contribution in [2.24, 2.45) is 0 Å². The zero-order chi connectivity index (χ0) is 13.9. The maximum Gasteiger partial charge on any atom is 0.250 e. The molecule has 3 nitrogen and oxygen atoms in total. The number of nitrogens with one attached hydrogen (secondary N) is 1. The van der Waals surface area contributed by atoms with Crippen molar-refractivity contribution >= 4 is 37.3 Å². The van der Waals surface area contributed by atoms with Crippen LogP contribution in [0.1, 0.15) is 50.5 Å². The highest BCUT2D eigenvalue weighted by Gasteiger charge is 2.22. The molecule has 1 aromatic rings. The molecule has 0 aliphatic heterocycles. The number of sulfonamides is 1. The van der Waals surface area contributed by atoms with Crippen LogP contribution in [0.4, 0.5) is 0 Å². The number of thiophene rings is 1. The first-order chi connectivity index (χ1) is 8.99. The predicted octanol–water partition coefficient (Wildman–Crippen LogP) is 4.21. The van der Waals surface area contributed by atoms with Gasteiger partial charge in [0.1, 0.15) is 4.21 Å². The second-order valence-electron chi connectivity index (χ2n) is 5.19. The average molecular weight is 366 g/mol. The lowest BCUT2D eigenvalue weighted by Crippen LogP contribution is -2.34. The van der Waals surface area contributed by atoms with Crippen LogP contribution in [-0.4, -0.2) is 14.5 Å². The Morgan fingerprint density at radius 3 is 2.32 bits per heavy atom. The smallest absolute Gasteiger partial charge is 0.207 e. The zero-order valence-electron chi connectivity index (χ0n) is 11.1. The lowest BCUT2D eigenvalue weighted by atomic mass is 9.97. The largest absolute Gasteiger partial charge is 0.250 e. The van der Waals surface area contributed by atoms with E-state index in [9.17, 15) is 8.42 Å². The van der Waals surface area contributed by atoms with Gasteiger partial charge in [0, 0.05) is 6.04 Å². The van der Waals surface area contributed by atoms with Crippen molar-refractivity contribution in [3.05, 3.63) is 15.4 Å². The Balaban J connectivity index is 2.07. The fraction of sp³-hybridized carbons (Fsp3) is 0.692. The minimum absolute atomic E-state index is 0.103. The molecule has 6 heteroatoms. The van der Waals surface area contributed by atoms with E-state index >= 15 is 0 Å². The van der Waals surface area contributed by atoms with Crippen LogP contribution in [-0.2, 0) is 10.0 Å². The Morgan fingerprint density at radius 2 is 1.79 bits per heavy atom. The Hall–Kier alpha value is 0.0900. The van der Waals surface area contributed by atoms with Gasteiger partial charge >= 0.3 is 0 Å². The number of halogens is 1. The van der Waals surface area contributed by atoms with Gasteiger partial charge in [-0.3, -0.25) is 0 Å². The Labute approximate surface area is 128 Å². The maximum absolute atomic E-state index is 12.3. The standard InChI is InChI=1S/C13H20BrNO2S2/c1-10-9-12(18-13(10)14)19(16,17)15-11-7-5-3-2-4-6-8-11/h9,11,15H,2-8H2,1H3. The van der Waals surface area contributed by atoms with E-state index in [0.717, 1.165) is 35.0 Å². The van der Waals surface area contributed by atoms with E-state index in [1.807, 2.05) is 6.92 Å². The Kier molecular flexibility index (Phi) is 5.45. The molecule has 1 fully saturated rings. The molecule has 0 aromatic carbocycles.